The molecule has 0 unspecified atom stereocenters. The number of rotatable bonds is 5. The standard InChI is InChI=1S/C9F11O4S2/c10-2-1(3(11)5(13)6(14)4(2)12)7(25-24-23-8(15,16)17)26(21,22)9(18,19)20/q-1. The van der Waals surface area contributed by atoms with Crippen LogP contribution in [0.1, 0.15) is 5.56 Å². The van der Waals surface area contributed by atoms with Crippen LogP contribution in [0.2, 0.25) is 0 Å². The van der Waals surface area contributed by atoms with E-state index in [1.807, 2.05) is 0 Å². The molecule has 0 atom stereocenters. The molecule has 0 N–H and O–H groups in total. The molecule has 26 heavy (non-hydrogen) atoms. The van der Waals surface area contributed by atoms with E-state index in [1.54, 1.807) is 0 Å². The van der Waals surface area contributed by atoms with Gasteiger partial charge in [-0.05, 0) is 0 Å². The van der Waals surface area contributed by atoms with Crippen molar-refractivity contribution in [3.8, 4) is 0 Å². The van der Waals surface area contributed by atoms with Crippen LogP contribution in [0.25, 0.3) is 0 Å². The molecule has 0 heterocycles. The molecule has 0 radical (unpaired) electrons. The average molecular weight is 445 g/mol. The third kappa shape index (κ3) is 4.44. The minimum Gasteiger partial charge on any atom is -0.280 e. The SMILES string of the molecule is O=S(=O)([C-](SOOC(F)(F)F)c1c(F)c(F)c(F)c(F)c1F)C(F)(F)F. The Kier molecular flexibility index (Phi) is 6.32. The molecule has 0 aromatic heterocycles. The summed E-state index contributed by atoms with van der Waals surface area (Å²) in [6.07, 6.45) is -5.71. The van der Waals surface area contributed by atoms with E-state index in [-0.39, 0.29) is 0 Å². The Hall–Kier alpha value is -1.46. The molecule has 0 amide bonds. The first-order chi connectivity index (χ1) is 11.5. The van der Waals surface area contributed by atoms with Crippen LogP contribution in [0.4, 0.5) is 48.3 Å². The second-order valence-corrected chi connectivity index (χ2v) is 6.71. The lowest BCUT2D eigenvalue weighted by Crippen LogP contribution is -2.30. The molecular formula is C9F11O4S2-. The smallest absolute Gasteiger partial charge is 0.280 e. The molecule has 0 aliphatic heterocycles. The monoisotopic (exact) mass is 445 g/mol. The maximum Gasteiger partial charge on any atom is 0.550 e. The molecule has 1 rings (SSSR count). The van der Waals surface area contributed by atoms with Gasteiger partial charge in [0.1, 0.15) is 11.6 Å². The third-order valence-corrected chi connectivity index (χ3v) is 4.86. The van der Waals surface area contributed by atoms with Crippen LogP contribution in [0.5, 0.6) is 0 Å². The van der Waals surface area contributed by atoms with Crippen molar-refractivity contribution in [1.29, 1.82) is 0 Å². The van der Waals surface area contributed by atoms with Gasteiger partial charge in [0, 0.05) is 16.6 Å². The molecule has 17 heteroatoms. The van der Waals surface area contributed by atoms with Gasteiger partial charge in [-0.25, -0.2) is 21.6 Å². The molecule has 150 valence electrons. The van der Waals surface area contributed by atoms with Gasteiger partial charge in [0.05, 0.1) is 11.6 Å². The van der Waals surface area contributed by atoms with Crippen LogP contribution in [-0.4, -0.2) is 20.3 Å². The molecule has 0 spiro atoms. The van der Waals surface area contributed by atoms with E-state index in [0.717, 1.165) is 0 Å². The number of hydrogen-bond donors (Lipinski definition) is 0. The highest BCUT2D eigenvalue weighted by Crippen LogP contribution is 2.45. The summed E-state index contributed by atoms with van der Waals surface area (Å²) >= 11 is -1.58. The summed E-state index contributed by atoms with van der Waals surface area (Å²) in [6, 6.07) is 0. The summed E-state index contributed by atoms with van der Waals surface area (Å²) in [5, 5.41) is 0. The summed E-state index contributed by atoms with van der Waals surface area (Å²) in [5.74, 6) is -14.7. The van der Waals surface area contributed by atoms with Crippen LogP contribution in [-0.2, 0) is 19.1 Å². The number of benzene rings is 1. The highest BCUT2D eigenvalue weighted by atomic mass is 32.3. The second kappa shape index (κ2) is 7.28. The Labute approximate surface area is 139 Å². The Balaban J connectivity index is 3.58. The van der Waals surface area contributed by atoms with Gasteiger partial charge in [0.15, 0.2) is 5.82 Å². The topological polar surface area (TPSA) is 52.6 Å². The van der Waals surface area contributed by atoms with Gasteiger partial charge >= 0.3 is 11.9 Å². The van der Waals surface area contributed by atoms with Crippen molar-refractivity contribution in [2.45, 2.75) is 11.9 Å². The van der Waals surface area contributed by atoms with Crippen molar-refractivity contribution < 1.29 is 65.9 Å². The summed E-state index contributed by atoms with van der Waals surface area (Å²) in [7, 11) is -6.93. The summed E-state index contributed by atoms with van der Waals surface area (Å²) in [6.45, 7) is 0. The van der Waals surface area contributed by atoms with E-state index in [1.165, 1.54) is 0 Å². The molecule has 1 aromatic carbocycles. The van der Waals surface area contributed by atoms with E-state index < -0.39 is 73.0 Å². The minimum absolute atomic E-state index is 1.58. The van der Waals surface area contributed by atoms with Crippen LogP contribution in [0.3, 0.4) is 0 Å². The molecule has 4 nitrogen and oxygen atoms in total. The first-order valence-electron chi connectivity index (χ1n) is 5.31. The predicted molar refractivity (Wildman–Crippen MR) is 59.4 cm³/mol. The third-order valence-electron chi connectivity index (χ3n) is 2.20. The largest absolute Gasteiger partial charge is 0.550 e. The van der Waals surface area contributed by atoms with Gasteiger partial charge in [0.25, 0.3) is 0 Å². The van der Waals surface area contributed by atoms with Gasteiger partial charge in [-0.15, -0.1) is 18.1 Å². The first kappa shape index (κ1) is 22.6. The van der Waals surface area contributed by atoms with Crippen LogP contribution in [0, 0.1) is 33.7 Å². The van der Waals surface area contributed by atoms with Crippen LogP contribution in [0.15, 0.2) is 0 Å². The minimum atomic E-state index is -6.93. The van der Waals surface area contributed by atoms with Gasteiger partial charge in [-0.3, -0.25) is 8.78 Å². The number of hydrogen-bond acceptors (Lipinski definition) is 5. The van der Waals surface area contributed by atoms with Gasteiger partial charge in [-0.2, -0.15) is 17.5 Å². The summed E-state index contributed by atoms with van der Waals surface area (Å²) in [4.78, 5) is 2.46. The molecule has 0 fully saturated rings. The van der Waals surface area contributed by atoms with E-state index >= 15 is 0 Å². The average Bonchev–Trinajstić information content (AvgIpc) is 2.47. The van der Waals surface area contributed by atoms with E-state index in [4.69, 9.17) is 0 Å². The highest BCUT2D eigenvalue weighted by Gasteiger charge is 2.50. The van der Waals surface area contributed by atoms with Crippen molar-refractivity contribution in [2.75, 3.05) is 0 Å². The van der Waals surface area contributed by atoms with Crippen LogP contribution >= 0.6 is 12.0 Å². The lowest BCUT2D eigenvalue weighted by atomic mass is 10.2. The van der Waals surface area contributed by atoms with E-state index in [0.29, 0.717) is 0 Å². The van der Waals surface area contributed by atoms with Gasteiger partial charge < -0.3 is 0 Å². The Morgan fingerprint density at radius 2 is 1.15 bits per heavy atom. The molecule has 0 aliphatic carbocycles. The van der Waals surface area contributed by atoms with Crippen molar-refractivity contribution in [1.82, 2.24) is 0 Å². The Bertz CT molecular complexity index is 757. The molecule has 0 saturated heterocycles. The van der Waals surface area contributed by atoms with E-state index in [9.17, 15) is 56.7 Å². The lowest BCUT2D eigenvalue weighted by Gasteiger charge is -2.26. The Morgan fingerprint density at radius 1 is 0.769 bits per heavy atom. The Morgan fingerprint density at radius 3 is 1.50 bits per heavy atom. The van der Waals surface area contributed by atoms with Crippen molar-refractivity contribution >= 4 is 21.9 Å². The van der Waals surface area contributed by atoms with Crippen molar-refractivity contribution in [2.24, 2.45) is 0 Å². The van der Waals surface area contributed by atoms with Crippen LogP contribution < -0.4 is 0 Å². The van der Waals surface area contributed by atoms with E-state index in [2.05, 4.69) is 9.22 Å². The van der Waals surface area contributed by atoms with Crippen molar-refractivity contribution in [3.05, 3.63) is 39.2 Å². The molecule has 0 bridgehead atoms. The highest BCUT2D eigenvalue weighted by molar-refractivity contribution is 8.15. The maximum atomic E-state index is 13.5. The molecule has 0 aliphatic rings. The lowest BCUT2D eigenvalue weighted by molar-refractivity contribution is -0.440. The maximum absolute atomic E-state index is 13.5. The second-order valence-electron chi connectivity index (χ2n) is 3.86. The zero-order chi connectivity index (χ0) is 20.7. The van der Waals surface area contributed by atoms with Gasteiger partial charge in [-0.1, -0.05) is 5.56 Å². The fourth-order valence-corrected chi connectivity index (χ4v) is 3.02. The molecule has 1 aromatic rings. The molecule has 0 saturated carbocycles. The normalized spacial score (nSPS) is 13.2. The molecular weight excluding hydrogens is 445 g/mol. The number of halogens is 11. The van der Waals surface area contributed by atoms with Gasteiger partial charge in [0.2, 0.25) is 9.84 Å². The quantitative estimate of drug-likeness (QED) is 0.129. The van der Waals surface area contributed by atoms with Crippen molar-refractivity contribution in [3.63, 3.8) is 0 Å². The fourth-order valence-electron chi connectivity index (χ4n) is 1.20. The number of sulfone groups is 1. The zero-order valence-electron chi connectivity index (χ0n) is 11.1. The summed E-state index contributed by atoms with van der Waals surface area (Å²) < 4.78 is 161. The zero-order valence-corrected chi connectivity index (χ0v) is 12.7. The number of alkyl halides is 6. The fraction of sp³-hybridized carbons (Fsp3) is 0.222. The summed E-state index contributed by atoms with van der Waals surface area (Å²) in [5.41, 5.74) is -9.09. The predicted octanol–water partition coefficient (Wildman–Crippen LogP) is 4.27. The first-order valence-corrected chi connectivity index (χ1v) is 7.54.